The summed E-state index contributed by atoms with van der Waals surface area (Å²) in [6.07, 6.45) is 5.72. The molecule has 0 aliphatic carbocycles. The normalized spacial score (nSPS) is 17.7. The SMILES string of the molecule is CCCCOCC=Cc1cc(OC)c2c(c1)[C@@H](CO)[C@H](c1ccc(O)c(OC)c1)O2. The van der Waals surface area contributed by atoms with Crippen LogP contribution in [0.15, 0.2) is 36.4 Å². The van der Waals surface area contributed by atoms with E-state index in [4.69, 9.17) is 18.9 Å². The van der Waals surface area contributed by atoms with Gasteiger partial charge in [-0.05, 0) is 41.8 Å². The van der Waals surface area contributed by atoms with E-state index in [2.05, 4.69) is 6.92 Å². The summed E-state index contributed by atoms with van der Waals surface area (Å²) in [7, 11) is 3.10. The Morgan fingerprint density at radius 2 is 1.90 bits per heavy atom. The molecule has 2 aromatic carbocycles. The largest absolute Gasteiger partial charge is 0.504 e. The van der Waals surface area contributed by atoms with E-state index in [0.717, 1.165) is 36.1 Å². The van der Waals surface area contributed by atoms with Crippen molar-refractivity contribution in [3.05, 3.63) is 53.1 Å². The highest BCUT2D eigenvalue weighted by Gasteiger charge is 2.37. The van der Waals surface area contributed by atoms with Crippen molar-refractivity contribution in [2.24, 2.45) is 0 Å². The van der Waals surface area contributed by atoms with Crippen LogP contribution in [-0.4, -0.2) is 44.3 Å². The molecular weight excluding hydrogens is 384 g/mol. The van der Waals surface area contributed by atoms with Crippen molar-refractivity contribution in [3.8, 4) is 23.0 Å². The summed E-state index contributed by atoms with van der Waals surface area (Å²) < 4.78 is 22.6. The predicted molar refractivity (Wildman–Crippen MR) is 116 cm³/mol. The zero-order valence-corrected chi connectivity index (χ0v) is 17.8. The van der Waals surface area contributed by atoms with E-state index in [1.165, 1.54) is 7.11 Å². The summed E-state index contributed by atoms with van der Waals surface area (Å²) in [6.45, 7) is 3.36. The number of aliphatic hydroxyl groups is 1. The van der Waals surface area contributed by atoms with Gasteiger partial charge in [-0.15, -0.1) is 0 Å². The lowest BCUT2D eigenvalue weighted by molar-refractivity contribution is 0.156. The minimum absolute atomic E-state index is 0.0588. The van der Waals surface area contributed by atoms with Crippen molar-refractivity contribution in [2.45, 2.75) is 31.8 Å². The summed E-state index contributed by atoms with van der Waals surface area (Å²) >= 11 is 0. The summed E-state index contributed by atoms with van der Waals surface area (Å²) in [5, 5.41) is 20.0. The first-order valence-electron chi connectivity index (χ1n) is 10.2. The molecule has 0 amide bonds. The topological polar surface area (TPSA) is 77.4 Å². The molecule has 0 radical (unpaired) electrons. The summed E-state index contributed by atoms with van der Waals surface area (Å²) in [6, 6.07) is 9.00. The predicted octanol–water partition coefficient (Wildman–Crippen LogP) is 4.45. The lowest BCUT2D eigenvalue weighted by Crippen LogP contribution is -2.13. The van der Waals surface area contributed by atoms with Crippen LogP contribution in [0, 0.1) is 0 Å². The average molecular weight is 414 g/mol. The lowest BCUT2D eigenvalue weighted by Gasteiger charge is -2.18. The third kappa shape index (κ3) is 4.71. The highest BCUT2D eigenvalue weighted by Crippen LogP contribution is 2.51. The van der Waals surface area contributed by atoms with E-state index in [1.54, 1.807) is 25.3 Å². The van der Waals surface area contributed by atoms with E-state index >= 15 is 0 Å². The number of fused-ring (bicyclic) bond motifs is 1. The number of aliphatic hydroxyl groups excluding tert-OH is 1. The standard InChI is InChI=1S/C24H30O6/c1-4-5-10-29-11-6-7-16-12-18-19(15-25)23(30-24(18)22(13-16)28-3)17-8-9-20(26)21(14-17)27-2/h6-9,12-14,19,23,25-26H,4-5,10-11,15H2,1-3H3/t19-,23+/m1/s1. The first-order valence-corrected chi connectivity index (χ1v) is 10.2. The fourth-order valence-electron chi connectivity index (χ4n) is 3.62. The Kier molecular flexibility index (Phi) is 7.60. The minimum atomic E-state index is -0.412. The fraction of sp³-hybridized carbons (Fsp3) is 0.417. The third-order valence-electron chi connectivity index (χ3n) is 5.23. The molecule has 0 unspecified atom stereocenters. The van der Waals surface area contributed by atoms with E-state index in [9.17, 15) is 10.2 Å². The summed E-state index contributed by atoms with van der Waals surface area (Å²) in [5.74, 6) is 1.40. The summed E-state index contributed by atoms with van der Waals surface area (Å²) in [4.78, 5) is 0. The maximum absolute atomic E-state index is 10.1. The van der Waals surface area contributed by atoms with Crippen LogP contribution in [-0.2, 0) is 4.74 Å². The number of methoxy groups -OCH3 is 2. The van der Waals surface area contributed by atoms with Crippen LogP contribution < -0.4 is 14.2 Å². The molecule has 2 atom stereocenters. The molecule has 6 heteroatoms. The van der Waals surface area contributed by atoms with Crippen LogP contribution in [0.5, 0.6) is 23.0 Å². The number of hydrogen-bond donors (Lipinski definition) is 2. The van der Waals surface area contributed by atoms with Gasteiger partial charge in [-0.3, -0.25) is 0 Å². The van der Waals surface area contributed by atoms with Crippen LogP contribution >= 0.6 is 0 Å². The zero-order valence-electron chi connectivity index (χ0n) is 17.8. The van der Waals surface area contributed by atoms with Gasteiger partial charge in [0.15, 0.2) is 23.0 Å². The van der Waals surface area contributed by atoms with Crippen molar-refractivity contribution in [1.29, 1.82) is 0 Å². The number of unbranched alkanes of at least 4 members (excludes halogenated alkanes) is 1. The first-order chi connectivity index (χ1) is 14.6. The number of rotatable bonds is 10. The van der Waals surface area contributed by atoms with Gasteiger partial charge < -0.3 is 29.2 Å². The Morgan fingerprint density at radius 1 is 1.10 bits per heavy atom. The van der Waals surface area contributed by atoms with E-state index in [1.807, 2.05) is 24.3 Å². The molecule has 2 N–H and O–H groups in total. The monoisotopic (exact) mass is 414 g/mol. The Balaban J connectivity index is 1.86. The maximum Gasteiger partial charge on any atom is 0.165 e. The van der Waals surface area contributed by atoms with E-state index in [-0.39, 0.29) is 18.3 Å². The highest BCUT2D eigenvalue weighted by molar-refractivity contribution is 5.62. The molecule has 1 heterocycles. The molecule has 0 aromatic heterocycles. The van der Waals surface area contributed by atoms with Crippen molar-refractivity contribution < 1.29 is 29.2 Å². The van der Waals surface area contributed by atoms with Gasteiger partial charge in [-0.2, -0.15) is 0 Å². The first kappa shape index (κ1) is 22.0. The van der Waals surface area contributed by atoms with Crippen LogP contribution in [0.1, 0.15) is 48.5 Å². The fourth-order valence-corrected chi connectivity index (χ4v) is 3.62. The smallest absolute Gasteiger partial charge is 0.165 e. The zero-order chi connectivity index (χ0) is 21.5. The van der Waals surface area contributed by atoms with E-state index in [0.29, 0.717) is 23.9 Å². The highest BCUT2D eigenvalue weighted by atomic mass is 16.5. The van der Waals surface area contributed by atoms with Gasteiger partial charge in [-0.25, -0.2) is 0 Å². The van der Waals surface area contributed by atoms with Crippen LogP contribution in [0.2, 0.25) is 0 Å². The number of phenols is 1. The molecule has 0 saturated carbocycles. The second-order valence-corrected chi connectivity index (χ2v) is 7.23. The number of ether oxygens (including phenoxy) is 4. The second kappa shape index (κ2) is 10.4. The molecule has 0 fully saturated rings. The molecule has 1 aliphatic heterocycles. The average Bonchev–Trinajstić information content (AvgIpc) is 3.14. The van der Waals surface area contributed by atoms with Gasteiger partial charge in [0.05, 0.1) is 33.4 Å². The number of phenolic OH excluding ortho intramolecular Hbond substituents is 1. The molecule has 2 aromatic rings. The van der Waals surface area contributed by atoms with E-state index < -0.39 is 6.10 Å². The van der Waals surface area contributed by atoms with Crippen LogP contribution in [0.25, 0.3) is 6.08 Å². The lowest BCUT2D eigenvalue weighted by atomic mass is 9.90. The number of hydrogen-bond acceptors (Lipinski definition) is 6. The third-order valence-corrected chi connectivity index (χ3v) is 5.23. The molecule has 0 spiro atoms. The van der Waals surface area contributed by atoms with Crippen LogP contribution in [0.4, 0.5) is 0 Å². The molecule has 3 rings (SSSR count). The number of aromatic hydroxyl groups is 1. The van der Waals surface area contributed by atoms with Gasteiger partial charge in [0.25, 0.3) is 0 Å². The Bertz CT molecular complexity index is 876. The molecule has 30 heavy (non-hydrogen) atoms. The Labute approximate surface area is 177 Å². The van der Waals surface area contributed by atoms with Crippen molar-refractivity contribution in [2.75, 3.05) is 34.0 Å². The van der Waals surface area contributed by atoms with Crippen LogP contribution in [0.3, 0.4) is 0 Å². The van der Waals surface area contributed by atoms with Gasteiger partial charge in [0.1, 0.15) is 6.10 Å². The Hall–Kier alpha value is -2.70. The Morgan fingerprint density at radius 3 is 2.60 bits per heavy atom. The van der Waals surface area contributed by atoms with Gasteiger partial charge >= 0.3 is 0 Å². The van der Waals surface area contributed by atoms with Gasteiger partial charge in [-0.1, -0.05) is 31.6 Å². The summed E-state index contributed by atoms with van der Waals surface area (Å²) in [5.41, 5.74) is 2.65. The van der Waals surface area contributed by atoms with Crippen molar-refractivity contribution in [1.82, 2.24) is 0 Å². The molecule has 0 saturated heterocycles. The minimum Gasteiger partial charge on any atom is -0.504 e. The van der Waals surface area contributed by atoms with Crippen molar-refractivity contribution >= 4 is 6.08 Å². The molecule has 1 aliphatic rings. The number of benzene rings is 2. The molecular formula is C24H30O6. The van der Waals surface area contributed by atoms with Gasteiger partial charge in [0.2, 0.25) is 0 Å². The molecule has 6 nitrogen and oxygen atoms in total. The van der Waals surface area contributed by atoms with Crippen molar-refractivity contribution in [3.63, 3.8) is 0 Å². The second-order valence-electron chi connectivity index (χ2n) is 7.23. The molecule has 0 bridgehead atoms. The van der Waals surface area contributed by atoms with Gasteiger partial charge in [0, 0.05) is 12.2 Å². The quantitative estimate of drug-likeness (QED) is 0.560. The maximum atomic E-state index is 10.1. The molecule has 162 valence electrons.